The number of piperidine rings is 1. The summed E-state index contributed by atoms with van der Waals surface area (Å²) in [4.78, 5) is 12.1. The van der Waals surface area contributed by atoms with E-state index in [0.717, 1.165) is 13.0 Å². The molecule has 0 aromatic heterocycles. The molecule has 104 valence electrons. The van der Waals surface area contributed by atoms with Gasteiger partial charge in [-0.15, -0.1) is 0 Å². The molecule has 0 spiro atoms. The van der Waals surface area contributed by atoms with Gasteiger partial charge in [0.05, 0.1) is 0 Å². The first-order chi connectivity index (χ1) is 8.79. The largest absolute Gasteiger partial charge is 0.353 e. The fourth-order valence-corrected chi connectivity index (χ4v) is 3.47. The molecule has 1 amide bonds. The van der Waals surface area contributed by atoms with Gasteiger partial charge < -0.3 is 10.6 Å². The van der Waals surface area contributed by atoms with E-state index < -0.39 is 0 Å². The van der Waals surface area contributed by atoms with Crippen LogP contribution >= 0.6 is 0 Å². The average Bonchev–Trinajstić information content (AvgIpc) is 2.40. The zero-order valence-corrected chi connectivity index (χ0v) is 11.7. The van der Waals surface area contributed by atoms with Gasteiger partial charge in [0.1, 0.15) is 0 Å². The molecule has 3 unspecified atom stereocenters. The van der Waals surface area contributed by atoms with E-state index in [1.54, 1.807) is 0 Å². The van der Waals surface area contributed by atoms with Crippen molar-refractivity contribution < 1.29 is 4.79 Å². The Morgan fingerprint density at radius 2 is 1.94 bits per heavy atom. The number of rotatable bonds is 4. The molecule has 2 N–H and O–H groups in total. The van der Waals surface area contributed by atoms with Crippen LogP contribution in [0.5, 0.6) is 0 Å². The van der Waals surface area contributed by atoms with Crippen molar-refractivity contribution in [1.29, 1.82) is 0 Å². The van der Waals surface area contributed by atoms with Crippen LogP contribution in [0.1, 0.15) is 64.7 Å². The molecule has 1 aliphatic carbocycles. The summed E-state index contributed by atoms with van der Waals surface area (Å²) in [7, 11) is 0. The second-order valence-corrected chi connectivity index (χ2v) is 5.98. The van der Waals surface area contributed by atoms with Crippen LogP contribution in [0.15, 0.2) is 0 Å². The number of hydrogen-bond acceptors (Lipinski definition) is 2. The molecule has 0 bridgehead atoms. The highest BCUT2D eigenvalue weighted by molar-refractivity contribution is 5.77. The quantitative estimate of drug-likeness (QED) is 0.807. The number of hydrogen-bond donors (Lipinski definition) is 2. The Bertz CT molecular complexity index is 261. The van der Waals surface area contributed by atoms with Crippen molar-refractivity contribution in [3.05, 3.63) is 0 Å². The molecule has 2 rings (SSSR count). The van der Waals surface area contributed by atoms with Crippen LogP contribution in [0.4, 0.5) is 0 Å². The summed E-state index contributed by atoms with van der Waals surface area (Å²) < 4.78 is 0. The number of carbonyl (C=O) groups is 1. The third-order valence-electron chi connectivity index (χ3n) is 4.62. The van der Waals surface area contributed by atoms with E-state index in [1.807, 2.05) is 0 Å². The van der Waals surface area contributed by atoms with Gasteiger partial charge in [-0.05, 0) is 38.1 Å². The normalized spacial score (nSPS) is 33.1. The van der Waals surface area contributed by atoms with Crippen LogP contribution < -0.4 is 10.6 Å². The van der Waals surface area contributed by atoms with Gasteiger partial charge >= 0.3 is 0 Å². The zero-order valence-electron chi connectivity index (χ0n) is 11.7. The van der Waals surface area contributed by atoms with E-state index in [4.69, 9.17) is 0 Å². The van der Waals surface area contributed by atoms with Crippen LogP contribution in [-0.2, 0) is 4.79 Å². The summed E-state index contributed by atoms with van der Waals surface area (Å²) in [6.45, 7) is 3.33. The predicted molar refractivity (Wildman–Crippen MR) is 74.4 cm³/mol. The third-order valence-corrected chi connectivity index (χ3v) is 4.62. The minimum Gasteiger partial charge on any atom is -0.353 e. The van der Waals surface area contributed by atoms with Crippen LogP contribution in [0.25, 0.3) is 0 Å². The second-order valence-electron chi connectivity index (χ2n) is 5.98. The van der Waals surface area contributed by atoms with Crippen molar-refractivity contribution in [2.75, 3.05) is 6.54 Å². The maximum Gasteiger partial charge on any atom is 0.221 e. The minimum absolute atomic E-state index is 0.264. The smallest absolute Gasteiger partial charge is 0.221 e. The van der Waals surface area contributed by atoms with Crippen LogP contribution in [0.3, 0.4) is 0 Å². The molecule has 3 atom stereocenters. The highest BCUT2D eigenvalue weighted by Gasteiger charge is 2.26. The van der Waals surface area contributed by atoms with Gasteiger partial charge in [-0.25, -0.2) is 0 Å². The fraction of sp³-hybridized carbons (Fsp3) is 0.933. The molecule has 1 saturated heterocycles. The van der Waals surface area contributed by atoms with Crippen molar-refractivity contribution in [3.63, 3.8) is 0 Å². The monoisotopic (exact) mass is 252 g/mol. The van der Waals surface area contributed by atoms with Crippen LogP contribution in [0, 0.1) is 5.92 Å². The fourth-order valence-electron chi connectivity index (χ4n) is 3.47. The Morgan fingerprint density at radius 1 is 1.17 bits per heavy atom. The molecule has 0 radical (unpaired) electrons. The topological polar surface area (TPSA) is 41.1 Å². The lowest BCUT2D eigenvalue weighted by Gasteiger charge is -2.32. The summed E-state index contributed by atoms with van der Waals surface area (Å²) in [5, 5.41) is 6.74. The van der Waals surface area contributed by atoms with Crippen molar-refractivity contribution in [1.82, 2.24) is 10.6 Å². The van der Waals surface area contributed by atoms with Gasteiger partial charge in [0, 0.05) is 18.5 Å². The average molecular weight is 252 g/mol. The van der Waals surface area contributed by atoms with Gasteiger partial charge in [-0.1, -0.05) is 32.6 Å². The molecular weight excluding hydrogens is 224 g/mol. The zero-order chi connectivity index (χ0) is 12.8. The number of nitrogens with one attached hydrogen (secondary N) is 2. The van der Waals surface area contributed by atoms with Gasteiger partial charge in [0.2, 0.25) is 5.91 Å². The highest BCUT2D eigenvalue weighted by Crippen LogP contribution is 2.26. The summed E-state index contributed by atoms with van der Waals surface area (Å²) in [6, 6.07) is 0.863. The highest BCUT2D eigenvalue weighted by atomic mass is 16.1. The van der Waals surface area contributed by atoms with Crippen molar-refractivity contribution >= 4 is 5.91 Å². The lowest BCUT2D eigenvalue weighted by molar-refractivity contribution is -0.123. The predicted octanol–water partition coefficient (Wildman–Crippen LogP) is 2.60. The Morgan fingerprint density at radius 3 is 2.67 bits per heavy atom. The van der Waals surface area contributed by atoms with Gasteiger partial charge in [-0.3, -0.25) is 4.79 Å². The van der Waals surface area contributed by atoms with E-state index in [-0.39, 0.29) is 5.91 Å². The maximum atomic E-state index is 12.1. The Balaban J connectivity index is 1.75. The molecule has 2 aliphatic rings. The first kappa shape index (κ1) is 13.9. The van der Waals surface area contributed by atoms with Crippen molar-refractivity contribution in [2.45, 2.75) is 76.8 Å². The Kier molecular flexibility index (Phi) is 5.48. The summed E-state index contributed by atoms with van der Waals surface area (Å²) in [5.41, 5.74) is 0. The summed E-state index contributed by atoms with van der Waals surface area (Å²) in [6.07, 6.45) is 10.7. The Hall–Kier alpha value is -0.570. The van der Waals surface area contributed by atoms with Gasteiger partial charge in [0.25, 0.3) is 0 Å². The standard InChI is InChI=1S/C15H28N2O/c1-2-12-7-3-4-9-14(12)17-15(18)11-13-8-5-6-10-16-13/h12-14,16H,2-11H2,1H3,(H,17,18). The van der Waals surface area contributed by atoms with Gasteiger partial charge in [0.15, 0.2) is 0 Å². The van der Waals surface area contributed by atoms with Crippen LogP contribution in [0.2, 0.25) is 0 Å². The van der Waals surface area contributed by atoms with E-state index in [0.29, 0.717) is 24.4 Å². The van der Waals surface area contributed by atoms with E-state index in [2.05, 4.69) is 17.6 Å². The molecule has 0 aromatic rings. The maximum absolute atomic E-state index is 12.1. The molecule has 2 fully saturated rings. The molecule has 1 heterocycles. The minimum atomic E-state index is 0.264. The molecule has 1 saturated carbocycles. The first-order valence-corrected chi connectivity index (χ1v) is 7.82. The third kappa shape index (κ3) is 3.98. The summed E-state index contributed by atoms with van der Waals surface area (Å²) >= 11 is 0. The SMILES string of the molecule is CCC1CCCCC1NC(=O)CC1CCCCN1. The molecule has 1 aliphatic heterocycles. The number of carbonyl (C=O) groups excluding carboxylic acids is 1. The molecule has 0 aromatic carbocycles. The molecule has 18 heavy (non-hydrogen) atoms. The van der Waals surface area contributed by atoms with Crippen molar-refractivity contribution in [3.8, 4) is 0 Å². The van der Waals surface area contributed by atoms with E-state index in [1.165, 1.54) is 44.9 Å². The lowest BCUT2D eigenvalue weighted by Crippen LogP contribution is -2.45. The second kappa shape index (κ2) is 7.13. The molecular formula is C15H28N2O. The van der Waals surface area contributed by atoms with E-state index >= 15 is 0 Å². The van der Waals surface area contributed by atoms with E-state index in [9.17, 15) is 4.79 Å². The molecule has 3 nitrogen and oxygen atoms in total. The Labute approximate surface area is 111 Å². The number of amides is 1. The first-order valence-electron chi connectivity index (χ1n) is 7.82. The van der Waals surface area contributed by atoms with Crippen LogP contribution in [-0.4, -0.2) is 24.5 Å². The molecule has 3 heteroatoms. The summed E-state index contributed by atoms with van der Waals surface area (Å²) in [5.74, 6) is 0.974. The lowest BCUT2D eigenvalue weighted by atomic mass is 9.83. The van der Waals surface area contributed by atoms with Crippen molar-refractivity contribution in [2.24, 2.45) is 5.92 Å². The van der Waals surface area contributed by atoms with Gasteiger partial charge in [-0.2, -0.15) is 0 Å².